The van der Waals surface area contributed by atoms with Gasteiger partial charge in [-0.1, -0.05) is 43.1 Å². The minimum Gasteiger partial charge on any atom is -0.493 e. The maximum atomic E-state index is 13.2. The van der Waals surface area contributed by atoms with Gasteiger partial charge < -0.3 is 29.0 Å². The summed E-state index contributed by atoms with van der Waals surface area (Å²) in [5.41, 5.74) is 0.617. The van der Waals surface area contributed by atoms with E-state index in [1.165, 1.54) is 26.3 Å². The summed E-state index contributed by atoms with van der Waals surface area (Å²) in [6.45, 7) is 7.44. The van der Waals surface area contributed by atoms with Crippen molar-refractivity contribution < 1.29 is 38.1 Å². The predicted octanol–water partition coefficient (Wildman–Crippen LogP) is 4.28. The van der Waals surface area contributed by atoms with Gasteiger partial charge in [-0.15, -0.1) is 0 Å². The molecule has 1 N–H and O–H groups in total. The Kier molecular flexibility index (Phi) is 11.6. The number of cyclic esters (lactones) is 1. The van der Waals surface area contributed by atoms with Crippen molar-refractivity contribution in [2.24, 2.45) is 11.8 Å². The van der Waals surface area contributed by atoms with Crippen LogP contribution < -0.4 is 14.8 Å². The third-order valence-corrected chi connectivity index (χ3v) is 6.69. The monoisotopic (exact) mass is 596 g/mol. The molecular weight excluding hydrogens is 563 g/mol. The number of nitrogens with one attached hydrogen (secondary N) is 1. The Hall–Kier alpha value is -2.92. The van der Waals surface area contributed by atoms with Crippen LogP contribution in [0.3, 0.4) is 0 Å². The molecule has 1 amide bonds. The second kappa shape index (κ2) is 14.6. The Bertz CT molecular complexity index is 1210. The molecule has 1 aliphatic heterocycles. The van der Waals surface area contributed by atoms with Crippen molar-refractivity contribution in [3.63, 3.8) is 0 Å². The van der Waals surface area contributed by atoms with Crippen LogP contribution >= 0.6 is 23.2 Å². The number of aromatic nitrogens is 1. The number of benzene rings is 1. The van der Waals surface area contributed by atoms with Crippen LogP contribution in [0.1, 0.15) is 43.7 Å². The fourth-order valence-electron chi connectivity index (χ4n) is 4.26. The van der Waals surface area contributed by atoms with Crippen LogP contribution in [0.25, 0.3) is 0 Å². The SMILES string of the molecule is COc1ccnc(C(=O)NC2COCC(Cc3ccc(Cl)cc3Cl)C(OCC(C)C)C(C)OC2=O)c1OC(C)=O. The number of rotatable bonds is 9. The molecule has 2 aromatic rings. The minimum atomic E-state index is -1.17. The molecule has 1 aromatic heterocycles. The zero-order valence-electron chi connectivity index (χ0n) is 23.1. The van der Waals surface area contributed by atoms with E-state index in [0.717, 1.165) is 5.56 Å². The standard InChI is InChI=1S/C28H34Cl2N2O8/c1-15(2)12-38-25-16(3)39-28(35)22(14-37-13-19(25)10-18-6-7-20(29)11-21(18)30)32-27(34)24-26(40-17(4)33)23(36-5)8-9-31-24/h6-9,11,15-16,19,22,25H,10,12-14H2,1-5H3,(H,32,34). The highest BCUT2D eigenvalue weighted by Gasteiger charge is 2.36. The summed E-state index contributed by atoms with van der Waals surface area (Å²) in [4.78, 5) is 42.0. The van der Waals surface area contributed by atoms with Crippen LogP contribution in [-0.4, -0.2) is 68.0 Å². The highest BCUT2D eigenvalue weighted by atomic mass is 35.5. The van der Waals surface area contributed by atoms with Gasteiger partial charge >= 0.3 is 11.9 Å². The first-order valence-electron chi connectivity index (χ1n) is 12.9. The van der Waals surface area contributed by atoms with Gasteiger partial charge in [0.15, 0.2) is 17.5 Å². The number of hydrogen-bond acceptors (Lipinski definition) is 9. The smallest absolute Gasteiger partial charge is 0.331 e. The average molecular weight is 597 g/mol. The van der Waals surface area contributed by atoms with E-state index in [-0.39, 0.29) is 42.2 Å². The van der Waals surface area contributed by atoms with Gasteiger partial charge in [-0.05, 0) is 37.0 Å². The molecule has 1 saturated heterocycles. The molecule has 1 fully saturated rings. The number of carbonyl (C=O) groups excluding carboxylic acids is 3. The lowest BCUT2D eigenvalue weighted by molar-refractivity contribution is -0.161. The van der Waals surface area contributed by atoms with Crippen molar-refractivity contribution in [1.82, 2.24) is 10.3 Å². The molecule has 3 rings (SSSR count). The molecule has 0 spiro atoms. The molecule has 10 nitrogen and oxygen atoms in total. The third-order valence-electron chi connectivity index (χ3n) is 6.10. The van der Waals surface area contributed by atoms with Crippen molar-refractivity contribution in [3.05, 3.63) is 51.8 Å². The van der Waals surface area contributed by atoms with Crippen molar-refractivity contribution in [2.75, 3.05) is 26.9 Å². The molecular formula is C28H34Cl2N2O8. The number of nitrogens with zero attached hydrogens (tertiary/aromatic N) is 1. The normalized spacial score (nSPS) is 21.6. The predicted molar refractivity (Wildman–Crippen MR) is 148 cm³/mol. The van der Waals surface area contributed by atoms with Crippen LogP contribution in [0.2, 0.25) is 10.0 Å². The zero-order chi connectivity index (χ0) is 29.4. The summed E-state index contributed by atoms with van der Waals surface area (Å²) >= 11 is 12.5. The Morgan fingerprint density at radius 1 is 1.20 bits per heavy atom. The Morgan fingerprint density at radius 2 is 1.95 bits per heavy atom. The van der Waals surface area contributed by atoms with Crippen molar-refractivity contribution in [3.8, 4) is 11.5 Å². The van der Waals surface area contributed by atoms with E-state index in [2.05, 4.69) is 10.3 Å². The van der Waals surface area contributed by atoms with E-state index in [4.69, 9.17) is 46.9 Å². The van der Waals surface area contributed by atoms with Gasteiger partial charge in [0, 0.05) is 41.8 Å². The van der Waals surface area contributed by atoms with Gasteiger partial charge in [-0.3, -0.25) is 9.59 Å². The zero-order valence-corrected chi connectivity index (χ0v) is 24.6. The van der Waals surface area contributed by atoms with Gasteiger partial charge in [0.05, 0.1) is 26.4 Å². The number of ether oxygens (including phenoxy) is 5. The number of hydrogen-bond donors (Lipinski definition) is 1. The number of amides is 1. The minimum absolute atomic E-state index is 0.131. The lowest BCUT2D eigenvalue weighted by Crippen LogP contribution is -2.46. The van der Waals surface area contributed by atoms with E-state index >= 15 is 0 Å². The second-order valence-corrected chi connectivity index (χ2v) is 10.7. The quantitative estimate of drug-likeness (QED) is 0.422. The van der Waals surface area contributed by atoms with E-state index in [1.54, 1.807) is 19.1 Å². The summed E-state index contributed by atoms with van der Waals surface area (Å²) in [5.74, 6) is -2.17. The summed E-state index contributed by atoms with van der Waals surface area (Å²) in [5, 5.41) is 3.62. The highest BCUT2D eigenvalue weighted by Crippen LogP contribution is 2.30. The molecule has 0 bridgehead atoms. The summed E-state index contributed by atoms with van der Waals surface area (Å²) in [7, 11) is 1.36. The molecule has 0 radical (unpaired) electrons. The van der Waals surface area contributed by atoms with Gasteiger partial charge in [0.25, 0.3) is 5.91 Å². The van der Waals surface area contributed by atoms with Crippen LogP contribution in [0.5, 0.6) is 11.5 Å². The number of esters is 2. The summed E-state index contributed by atoms with van der Waals surface area (Å²) in [6, 6.07) is 5.55. The van der Waals surface area contributed by atoms with Crippen molar-refractivity contribution in [1.29, 1.82) is 0 Å². The van der Waals surface area contributed by atoms with E-state index in [9.17, 15) is 14.4 Å². The van der Waals surface area contributed by atoms with Crippen molar-refractivity contribution >= 4 is 41.0 Å². The molecule has 4 unspecified atom stereocenters. The topological polar surface area (TPSA) is 122 Å². The second-order valence-electron chi connectivity index (χ2n) is 9.88. The molecule has 0 saturated carbocycles. The van der Waals surface area contributed by atoms with Crippen LogP contribution in [-0.2, 0) is 30.2 Å². The Labute approximate surface area is 243 Å². The van der Waals surface area contributed by atoms with Gasteiger partial charge in [-0.25, -0.2) is 9.78 Å². The number of carbonyl (C=O) groups is 3. The number of methoxy groups -OCH3 is 1. The first-order chi connectivity index (χ1) is 19.0. The molecule has 1 aromatic carbocycles. The Morgan fingerprint density at radius 3 is 2.60 bits per heavy atom. The number of halogens is 2. The first kappa shape index (κ1) is 31.6. The fraction of sp³-hybridized carbons (Fsp3) is 0.500. The summed E-state index contributed by atoms with van der Waals surface area (Å²) < 4.78 is 28.3. The van der Waals surface area contributed by atoms with Gasteiger partial charge in [0.1, 0.15) is 6.10 Å². The summed E-state index contributed by atoms with van der Waals surface area (Å²) in [6.07, 6.45) is 0.624. The number of pyridine rings is 1. The van der Waals surface area contributed by atoms with E-state index < -0.39 is 36.1 Å². The molecule has 2 heterocycles. The van der Waals surface area contributed by atoms with Crippen molar-refractivity contribution in [2.45, 2.75) is 52.4 Å². The maximum Gasteiger partial charge on any atom is 0.331 e. The van der Waals surface area contributed by atoms with Crippen LogP contribution in [0.15, 0.2) is 30.5 Å². The molecule has 0 aliphatic carbocycles. The molecule has 12 heteroatoms. The van der Waals surface area contributed by atoms with E-state index in [1.807, 2.05) is 19.9 Å². The Balaban J connectivity index is 1.84. The lowest BCUT2D eigenvalue weighted by Gasteiger charge is -2.31. The highest BCUT2D eigenvalue weighted by molar-refractivity contribution is 6.35. The van der Waals surface area contributed by atoms with Crippen LogP contribution in [0.4, 0.5) is 0 Å². The average Bonchev–Trinajstić information content (AvgIpc) is 2.93. The van der Waals surface area contributed by atoms with E-state index in [0.29, 0.717) is 23.1 Å². The maximum absolute atomic E-state index is 13.2. The molecule has 1 aliphatic rings. The van der Waals surface area contributed by atoms with Gasteiger partial charge in [-0.2, -0.15) is 0 Å². The van der Waals surface area contributed by atoms with Gasteiger partial charge in [0.2, 0.25) is 5.75 Å². The first-order valence-corrected chi connectivity index (χ1v) is 13.6. The third kappa shape index (κ3) is 8.54. The molecule has 4 atom stereocenters. The molecule has 218 valence electrons. The molecule has 40 heavy (non-hydrogen) atoms. The lowest BCUT2D eigenvalue weighted by atomic mass is 9.91. The van der Waals surface area contributed by atoms with Crippen LogP contribution in [0, 0.1) is 11.8 Å². The largest absolute Gasteiger partial charge is 0.493 e. The fourth-order valence-corrected chi connectivity index (χ4v) is 4.74.